The van der Waals surface area contributed by atoms with Crippen LogP contribution in [-0.2, 0) is 4.79 Å². The quantitative estimate of drug-likeness (QED) is 0.880. The van der Waals surface area contributed by atoms with Gasteiger partial charge in [-0.3, -0.25) is 4.79 Å². The molecule has 114 valence electrons. The Balaban J connectivity index is 2.10. The Morgan fingerprint density at radius 2 is 2.14 bits per heavy atom. The lowest BCUT2D eigenvalue weighted by atomic mass is 9.82. The van der Waals surface area contributed by atoms with Gasteiger partial charge >= 0.3 is 12.0 Å². The van der Waals surface area contributed by atoms with Gasteiger partial charge in [0.15, 0.2) is 0 Å². The number of carboxylic acids is 1. The summed E-state index contributed by atoms with van der Waals surface area (Å²) in [5.74, 6) is -0.862. The van der Waals surface area contributed by atoms with Crippen LogP contribution in [0.2, 0.25) is 5.02 Å². The second-order valence-electron chi connectivity index (χ2n) is 5.73. The fourth-order valence-corrected chi connectivity index (χ4v) is 2.70. The van der Waals surface area contributed by atoms with E-state index in [2.05, 4.69) is 5.32 Å². The van der Waals surface area contributed by atoms with Crippen molar-refractivity contribution in [3.05, 3.63) is 28.8 Å². The van der Waals surface area contributed by atoms with Gasteiger partial charge in [-0.25, -0.2) is 4.79 Å². The van der Waals surface area contributed by atoms with Crippen LogP contribution in [0.4, 0.5) is 10.5 Å². The van der Waals surface area contributed by atoms with Crippen LogP contribution in [-0.4, -0.2) is 35.1 Å². The number of rotatable bonds is 2. The summed E-state index contributed by atoms with van der Waals surface area (Å²) in [7, 11) is 0. The highest BCUT2D eigenvalue weighted by molar-refractivity contribution is 6.31. The number of benzene rings is 1. The van der Waals surface area contributed by atoms with E-state index in [4.69, 9.17) is 11.6 Å². The molecule has 0 aliphatic carbocycles. The molecule has 2 N–H and O–H groups in total. The summed E-state index contributed by atoms with van der Waals surface area (Å²) in [5.41, 5.74) is 0.569. The van der Waals surface area contributed by atoms with Gasteiger partial charge in [0.2, 0.25) is 0 Å². The van der Waals surface area contributed by atoms with Gasteiger partial charge in [0, 0.05) is 23.8 Å². The zero-order chi connectivity index (χ0) is 15.6. The van der Waals surface area contributed by atoms with Gasteiger partial charge in [0.25, 0.3) is 0 Å². The number of nitrogens with one attached hydrogen (secondary N) is 1. The first-order valence-electron chi connectivity index (χ1n) is 6.88. The summed E-state index contributed by atoms with van der Waals surface area (Å²) in [6.07, 6.45) is 1.27. The second-order valence-corrected chi connectivity index (χ2v) is 6.14. The van der Waals surface area contributed by atoms with E-state index in [0.717, 1.165) is 5.56 Å². The number of hydrogen-bond acceptors (Lipinski definition) is 2. The number of carbonyl (C=O) groups is 2. The van der Waals surface area contributed by atoms with Gasteiger partial charge in [0.05, 0.1) is 5.41 Å². The van der Waals surface area contributed by atoms with Crippen LogP contribution in [0.15, 0.2) is 18.2 Å². The third-order valence-corrected chi connectivity index (χ3v) is 4.42. The molecule has 1 heterocycles. The average Bonchev–Trinajstić information content (AvgIpc) is 2.43. The van der Waals surface area contributed by atoms with Crippen molar-refractivity contribution in [3.63, 3.8) is 0 Å². The predicted molar refractivity (Wildman–Crippen MR) is 81.8 cm³/mol. The molecule has 1 aromatic carbocycles. The summed E-state index contributed by atoms with van der Waals surface area (Å²) in [6, 6.07) is 5.02. The summed E-state index contributed by atoms with van der Waals surface area (Å²) in [5, 5.41) is 12.7. The van der Waals surface area contributed by atoms with E-state index in [1.165, 1.54) is 0 Å². The van der Waals surface area contributed by atoms with Crippen molar-refractivity contribution < 1.29 is 14.7 Å². The zero-order valence-corrected chi connectivity index (χ0v) is 12.9. The molecule has 0 radical (unpaired) electrons. The summed E-state index contributed by atoms with van der Waals surface area (Å²) in [6.45, 7) is 4.29. The van der Waals surface area contributed by atoms with Crippen molar-refractivity contribution in [1.82, 2.24) is 4.90 Å². The first kappa shape index (κ1) is 15.6. The lowest BCUT2D eigenvalue weighted by molar-refractivity contribution is -0.150. The van der Waals surface area contributed by atoms with Crippen molar-refractivity contribution in [2.45, 2.75) is 26.7 Å². The largest absolute Gasteiger partial charge is 0.481 e. The van der Waals surface area contributed by atoms with E-state index < -0.39 is 11.4 Å². The number of amides is 2. The Bertz CT molecular complexity index is 576. The molecule has 1 aromatic rings. The van der Waals surface area contributed by atoms with Crippen molar-refractivity contribution in [2.75, 3.05) is 18.4 Å². The molecule has 0 aromatic heterocycles. The number of nitrogens with zero attached hydrogens (tertiary/aromatic N) is 1. The summed E-state index contributed by atoms with van der Waals surface area (Å²) < 4.78 is 0. The van der Waals surface area contributed by atoms with Gasteiger partial charge in [-0.05, 0) is 44.4 Å². The van der Waals surface area contributed by atoms with Gasteiger partial charge in [-0.2, -0.15) is 0 Å². The molecule has 2 amide bonds. The molecule has 5 nitrogen and oxygen atoms in total. The van der Waals surface area contributed by atoms with E-state index in [1.54, 1.807) is 30.0 Å². The van der Waals surface area contributed by atoms with Gasteiger partial charge < -0.3 is 15.3 Å². The minimum atomic E-state index is -0.876. The number of hydrogen-bond donors (Lipinski definition) is 2. The first-order chi connectivity index (χ1) is 9.83. The summed E-state index contributed by atoms with van der Waals surface area (Å²) in [4.78, 5) is 25.2. The fraction of sp³-hybridized carbons (Fsp3) is 0.467. The van der Waals surface area contributed by atoms with Crippen LogP contribution in [0.5, 0.6) is 0 Å². The standard InChI is InChI=1S/C15H19ClN2O3/c1-10-11(16)5-3-6-12(10)17-14(21)18-8-4-7-15(2,9-18)13(19)20/h3,5-6H,4,7-9H2,1-2H3,(H,17,21)(H,19,20). The Kier molecular flexibility index (Phi) is 4.42. The van der Waals surface area contributed by atoms with E-state index in [1.807, 2.05) is 6.92 Å². The molecule has 6 heteroatoms. The fourth-order valence-electron chi connectivity index (χ4n) is 2.52. The number of carbonyl (C=O) groups excluding carboxylic acids is 1. The Morgan fingerprint density at radius 1 is 1.43 bits per heavy atom. The molecular weight excluding hydrogens is 292 g/mol. The minimum absolute atomic E-state index is 0.216. The number of halogens is 1. The predicted octanol–water partition coefficient (Wildman–Crippen LogP) is 3.37. The van der Waals surface area contributed by atoms with E-state index in [0.29, 0.717) is 30.1 Å². The van der Waals surface area contributed by atoms with Crippen molar-refractivity contribution >= 4 is 29.3 Å². The maximum Gasteiger partial charge on any atom is 0.321 e. The van der Waals surface area contributed by atoms with Crippen molar-refractivity contribution in [1.29, 1.82) is 0 Å². The molecule has 1 aliphatic rings. The molecule has 1 saturated heterocycles. The van der Waals surface area contributed by atoms with Crippen LogP contribution in [0.1, 0.15) is 25.3 Å². The number of aliphatic carboxylic acids is 1. The lowest BCUT2D eigenvalue weighted by Crippen LogP contribution is -2.49. The maximum absolute atomic E-state index is 12.3. The number of piperidine rings is 1. The smallest absolute Gasteiger partial charge is 0.321 e. The van der Waals surface area contributed by atoms with Crippen molar-refractivity contribution in [2.24, 2.45) is 5.41 Å². The second kappa shape index (κ2) is 5.93. The minimum Gasteiger partial charge on any atom is -0.481 e. The summed E-state index contributed by atoms with van der Waals surface area (Å²) >= 11 is 6.03. The first-order valence-corrected chi connectivity index (χ1v) is 7.26. The van der Waals surface area contributed by atoms with Crippen molar-refractivity contribution in [3.8, 4) is 0 Å². The van der Waals surface area contributed by atoms with Crippen LogP contribution in [0, 0.1) is 12.3 Å². The molecule has 1 unspecified atom stereocenters. The molecule has 0 saturated carbocycles. The zero-order valence-electron chi connectivity index (χ0n) is 12.1. The van der Waals surface area contributed by atoms with Gasteiger partial charge in [-0.15, -0.1) is 0 Å². The highest BCUT2D eigenvalue weighted by atomic mass is 35.5. The van der Waals surface area contributed by atoms with E-state index in [9.17, 15) is 14.7 Å². The Labute approximate surface area is 128 Å². The van der Waals surface area contributed by atoms with Gasteiger partial charge in [-0.1, -0.05) is 17.7 Å². The third-order valence-electron chi connectivity index (χ3n) is 4.01. The topological polar surface area (TPSA) is 69.6 Å². The number of carboxylic acid groups (broad SMARTS) is 1. The molecule has 1 atom stereocenters. The Hall–Kier alpha value is -1.75. The normalized spacial score (nSPS) is 22.0. The third kappa shape index (κ3) is 3.29. The highest BCUT2D eigenvalue weighted by Gasteiger charge is 2.39. The molecule has 21 heavy (non-hydrogen) atoms. The van der Waals surface area contributed by atoms with Gasteiger partial charge in [0.1, 0.15) is 0 Å². The monoisotopic (exact) mass is 310 g/mol. The Morgan fingerprint density at radius 3 is 2.81 bits per heavy atom. The molecule has 1 aliphatic heterocycles. The van der Waals surface area contributed by atoms with E-state index >= 15 is 0 Å². The number of likely N-dealkylation sites (tertiary alicyclic amines) is 1. The molecule has 1 fully saturated rings. The van der Waals surface area contributed by atoms with Crippen LogP contribution >= 0.6 is 11.6 Å². The van der Waals surface area contributed by atoms with Crippen LogP contribution in [0.25, 0.3) is 0 Å². The lowest BCUT2D eigenvalue weighted by Gasteiger charge is -2.37. The number of anilines is 1. The molecule has 0 spiro atoms. The van der Waals surface area contributed by atoms with Crippen LogP contribution in [0.3, 0.4) is 0 Å². The molecular formula is C15H19ClN2O3. The average molecular weight is 311 g/mol. The molecule has 0 bridgehead atoms. The van der Waals surface area contributed by atoms with E-state index in [-0.39, 0.29) is 12.6 Å². The van der Waals surface area contributed by atoms with Crippen LogP contribution < -0.4 is 5.32 Å². The maximum atomic E-state index is 12.3. The number of urea groups is 1. The highest BCUT2D eigenvalue weighted by Crippen LogP contribution is 2.30. The molecule has 2 rings (SSSR count). The SMILES string of the molecule is Cc1c(Cl)cccc1NC(=O)N1CCCC(C)(C(=O)O)C1.